The highest BCUT2D eigenvalue weighted by molar-refractivity contribution is 9.10. The Morgan fingerprint density at radius 3 is 2.45 bits per heavy atom. The van der Waals surface area contributed by atoms with Gasteiger partial charge in [-0.3, -0.25) is 9.59 Å². The van der Waals surface area contributed by atoms with Crippen LogP contribution in [0.25, 0.3) is 0 Å². The standard InChI is InChI=1S/C23H19BrN2O3/c1-13-3-2-4-17(9-13)29-19-8-5-14(10-18(19)24)12-25-26-22(27)20-15-6-7-16(11-15)21(20)23(26)28/h2-10,12,15-16,20-21H,11H2,1H3. The van der Waals surface area contributed by atoms with E-state index in [1.165, 1.54) is 0 Å². The van der Waals surface area contributed by atoms with Crippen molar-refractivity contribution in [2.45, 2.75) is 13.3 Å². The number of hydrazone groups is 1. The van der Waals surface area contributed by atoms with Crippen LogP contribution in [0.1, 0.15) is 17.5 Å². The molecule has 2 fully saturated rings. The van der Waals surface area contributed by atoms with Gasteiger partial charge in [-0.15, -0.1) is 0 Å². The summed E-state index contributed by atoms with van der Waals surface area (Å²) in [6.45, 7) is 2.01. The van der Waals surface area contributed by atoms with E-state index < -0.39 is 0 Å². The number of fused-ring (bicyclic) bond motifs is 5. The molecule has 1 heterocycles. The van der Waals surface area contributed by atoms with Gasteiger partial charge in [-0.25, -0.2) is 0 Å². The second-order valence-corrected chi connectivity index (χ2v) is 8.70. The zero-order chi connectivity index (χ0) is 20.1. The van der Waals surface area contributed by atoms with E-state index >= 15 is 0 Å². The molecule has 2 aromatic carbocycles. The van der Waals surface area contributed by atoms with Crippen molar-refractivity contribution in [2.75, 3.05) is 0 Å². The number of hydrogen-bond acceptors (Lipinski definition) is 4. The molecule has 1 saturated heterocycles. The van der Waals surface area contributed by atoms with E-state index in [0.29, 0.717) is 5.75 Å². The average molecular weight is 451 g/mol. The highest BCUT2D eigenvalue weighted by atomic mass is 79.9. The predicted molar refractivity (Wildman–Crippen MR) is 113 cm³/mol. The van der Waals surface area contributed by atoms with Gasteiger partial charge in [-0.1, -0.05) is 24.3 Å². The van der Waals surface area contributed by atoms with Crippen LogP contribution < -0.4 is 4.74 Å². The molecule has 3 aliphatic rings. The summed E-state index contributed by atoms with van der Waals surface area (Å²) in [5.41, 5.74) is 1.89. The zero-order valence-corrected chi connectivity index (χ0v) is 17.4. The largest absolute Gasteiger partial charge is 0.456 e. The van der Waals surface area contributed by atoms with Crippen LogP contribution in [0.2, 0.25) is 0 Å². The molecule has 29 heavy (non-hydrogen) atoms. The van der Waals surface area contributed by atoms with Crippen molar-refractivity contribution < 1.29 is 14.3 Å². The van der Waals surface area contributed by atoms with E-state index in [9.17, 15) is 9.59 Å². The topological polar surface area (TPSA) is 59.0 Å². The van der Waals surface area contributed by atoms with Crippen LogP contribution in [0, 0.1) is 30.6 Å². The molecule has 0 spiro atoms. The maximum Gasteiger partial charge on any atom is 0.254 e. The molecule has 2 amide bonds. The number of imide groups is 1. The first kappa shape index (κ1) is 18.3. The van der Waals surface area contributed by atoms with Crippen LogP contribution in [0.15, 0.2) is 64.2 Å². The second kappa shape index (κ2) is 6.95. The number of carbonyl (C=O) groups is 2. The number of ether oxygens (including phenoxy) is 1. The van der Waals surface area contributed by atoms with E-state index in [-0.39, 0.29) is 35.5 Å². The summed E-state index contributed by atoms with van der Waals surface area (Å²) in [6, 6.07) is 13.4. The third-order valence-electron chi connectivity index (χ3n) is 5.94. The number of nitrogens with zero attached hydrogens (tertiary/aromatic N) is 2. The number of rotatable bonds is 4. The molecule has 2 aromatic rings. The van der Waals surface area contributed by atoms with Crippen LogP contribution in [-0.4, -0.2) is 23.0 Å². The first-order chi connectivity index (χ1) is 14.0. The summed E-state index contributed by atoms with van der Waals surface area (Å²) in [4.78, 5) is 25.4. The number of amides is 2. The molecule has 5 rings (SSSR count). The van der Waals surface area contributed by atoms with Crippen molar-refractivity contribution >= 4 is 34.0 Å². The molecule has 2 aliphatic carbocycles. The minimum absolute atomic E-state index is 0.174. The van der Waals surface area contributed by atoms with Crippen molar-refractivity contribution in [1.82, 2.24) is 5.01 Å². The fourth-order valence-corrected chi connectivity index (χ4v) is 5.09. The summed E-state index contributed by atoms with van der Waals surface area (Å²) in [5.74, 6) is 1.01. The van der Waals surface area contributed by atoms with Gasteiger partial charge in [0, 0.05) is 0 Å². The Bertz CT molecular complexity index is 1050. The van der Waals surface area contributed by atoms with E-state index in [1.54, 1.807) is 6.21 Å². The van der Waals surface area contributed by atoms with E-state index in [1.807, 2.05) is 49.4 Å². The highest BCUT2D eigenvalue weighted by Gasteiger charge is 2.59. The van der Waals surface area contributed by atoms with Crippen molar-refractivity contribution in [2.24, 2.45) is 28.8 Å². The number of aryl methyl sites for hydroxylation is 1. The van der Waals surface area contributed by atoms with Gasteiger partial charge in [0.05, 0.1) is 22.5 Å². The lowest BCUT2D eigenvalue weighted by molar-refractivity contribution is -0.140. The van der Waals surface area contributed by atoms with Gasteiger partial charge >= 0.3 is 0 Å². The molecule has 0 radical (unpaired) electrons. The molecule has 4 atom stereocenters. The Labute approximate surface area is 177 Å². The minimum atomic E-state index is -0.230. The van der Waals surface area contributed by atoms with Gasteiger partial charge in [-0.05, 0) is 82.6 Å². The van der Waals surface area contributed by atoms with Crippen molar-refractivity contribution in [3.8, 4) is 11.5 Å². The average Bonchev–Trinajstić information content (AvgIpc) is 3.37. The van der Waals surface area contributed by atoms with E-state index in [0.717, 1.165) is 32.8 Å². The Hall–Kier alpha value is -2.73. The van der Waals surface area contributed by atoms with Crippen LogP contribution in [-0.2, 0) is 9.59 Å². The lowest BCUT2D eigenvalue weighted by Gasteiger charge is -2.13. The summed E-state index contributed by atoms with van der Waals surface area (Å²) < 4.78 is 6.69. The summed E-state index contributed by atoms with van der Waals surface area (Å²) in [5, 5.41) is 5.28. The van der Waals surface area contributed by atoms with Crippen LogP contribution in [0.3, 0.4) is 0 Å². The molecule has 0 aromatic heterocycles. The smallest absolute Gasteiger partial charge is 0.254 e. The van der Waals surface area contributed by atoms with Gasteiger partial charge in [-0.2, -0.15) is 10.1 Å². The normalized spacial score (nSPS) is 27.3. The maximum atomic E-state index is 12.7. The monoisotopic (exact) mass is 450 g/mol. The number of allylic oxidation sites excluding steroid dienone is 2. The number of benzene rings is 2. The highest BCUT2D eigenvalue weighted by Crippen LogP contribution is 2.52. The second-order valence-electron chi connectivity index (χ2n) is 7.84. The Morgan fingerprint density at radius 1 is 1.07 bits per heavy atom. The van der Waals surface area contributed by atoms with Gasteiger partial charge in [0.1, 0.15) is 11.5 Å². The van der Waals surface area contributed by atoms with Gasteiger partial charge in [0.15, 0.2) is 0 Å². The van der Waals surface area contributed by atoms with Crippen LogP contribution >= 0.6 is 15.9 Å². The van der Waals surface area contributed by atoms with Crippen molar-refractivity contribution in [3.63, 3.8) is 0 Å². The molecular formula is C23H19BrN2O3. The fourth-order valence-electron chi connectivity index (χ4n) is 4.61. The lowest BCUT2D eigenvalue weighted by Crippen LogP contribution is -2.28. The molecule has 0 N–H and O–H groups in total. The Balaban J connectivity index is 1.32. The van der Waals surface area contributed by atoms with Gasteiger partial charge in [0.25, 0.3) is 11.8 Å². The van der Waals surface area contributed by atoms with E-state index in [4.69, 9.17) is 4.74 Å². The first-order valence-corrected chi connectivity index (χ1v) is 10.4. The zero-order valence-electron chi connectivity index (χ0n) is 15.8. The third-order valence-corrected chi connectivity index (χ3v) is 6.56. The molecule has 5 nitrogen and oxygen atoms in total. The molecule has 1 saturated carbocycles. The molecule has 2 bridgehead atoms. The third kappa shape index (κ3) is 3.12. The Kier molecular flexibility index (Phi) is 4.39. The lowest BCUT2D eigenvalue weighted by atomic mass is 9.85. The fraction of sp³-hybridized carbons (Fsp3) is 0.261. The summed E-state index contributed by atoms with van der Waals surface area (Å²) in [7, 11) is 0. The van der Waals surface area contributed by atoms with E-state index in [2.05, 4.69) is 33.2 Å². The van der Waals surface area contributed by atoms with Crippen molar-refractivity contribution in [3.05, 3.63) is 70.2 Å². The number of carbonyl (C=O) groups excluding carboxylic acids is 2. The SMILES string of the molecule is Cc1cccc(Oc2ccc(C=NN3C(=O)C4C5C=CC(C5)C4C3=O)cc2Br)c1. The van der Waals surface area contributed by atoms with Gasteiger partial charge in [0.2, 0.25) is 0 Å². The number of hydrogen-bond donors (Lipinski definition) is 0. The van der Waals surface area contributed by atoms with Crippen LogP contribution in [0.4, 0.5) is 0 Å². The molecular weight excluding hydrogens is 432 g/mol. The van der Waals surface area contributed by atoms with Crippen LogP contribution in [0.5, 0.6) is 11.5 Å². The quantitative estimate of drug-likeness (QED) is 0.385. The summed E-state index contributed by atoms with van der Waals surface area (Å²) >= 11 is 3.52. The first-order valence-electron chi connectivity index (χ1n) is 9.65. The molecule has 4 unspecified atom stereocenters. The predicted octanol–water partition coefficient (Wildman–Crippen LogP) is 4.69. The molecule has 1 aliphatic heterocycles. The number of halogens is 1. The Morgan fingerprint density at radius 2 is 1.79 bits per heavy atom. The van der Waals surface area contributed by atoms with Gasteiger partial charge < -0.3 is 4.74 Å². The van der Waals surface area contributed by atoms with Crippen molar-refractivity contribution in [1.29, 1.82) is 0 Å². The minimum Gasteiger partial charge on any atom is -0.456 e. The maximum absolute atomic E-state index is 12.7. The summed E-state index contributed by atoms with van der Waals surface area (Å²) in [6.07, 6.45) is 6.62. The molecule has 146 valence electrons. The molecule has 6 heteroatoms.